The zero-order valence-electron chi connectivity index (χ0n) is 18.5. The zero-order chi connectivity index (χ0) is 23.3. The summed E-state index contributed by atoms with van der Waals surface area (Å²) in [6.07, 6.45) is 1.40. The quantitative estimate of drug-likeness (QED) is 0.582. The Labute approximate surface area is 187 Å². The molecule has 1 aromatic heterocycles. The Balaban J connectivity index is 2.14. The van der Waals surface area contributed by atoms with Crippen molar-refractivity contribution >= 4 is 23.5 Å². The molecule has 0 bridgehead atoms. The molecular weight excluding hydrogens is 408 g/mol. The Hall–Kier alpha value is -3.87. The number of hydrogen-bond acceptors (Lipinski definition) is 5. The fraction of sp³-hybridized carbons (Fsp3) is 0.240. The average molecular weight is 434 g/mol. The molecule has 1 heterocycles. The van der Waals surface area contributed by atoms with Gasteiger partial charge in [-0.15, -0.1) is 0 Å². The van der Waals surface area contributed by atoms with E-state index >= 15 is 0 Å². The van der Waals surface area contributed by atoms with Crippen LogP contribution in [-0.2, 0) is 9.53 Å². The molecule has 1 atom stereocenters. The highest BCUT2D eigenvalue weighted by Gasteiger charge is 2.35. The first-order valence-corrected chi connectivity index (χ1v) is 10.1. The van der Waals surface area contributed by atoms with Crippen LogP contribution in [0.1, 0.15) is 53.3 Å². The monoisotopic (exact) mass is 434 g/mol. The third-order valence-corrected chi connectivity index (χ3v) is 4.64. The number of anilines is 1. The number of hydrogen-bond donors (Lipinski definition) is 1. The third-order valence-electron chi connectivity index (χ3n) is 4.64. The molecule has 166 valence electrons. The number of furan rings is 1. The van der Waals surface area contributed by atoms with E-state index in [4.69, 9.17) is 9.15 Å². The first kappa shape index (κ1) is 22.8. The largest absolute Gasteiger partial charge is 0.465 e. The molecule has 0 saturated heterocycles. The minimum atomic E-state index is -0.975. The maximum Gasteiger partial charge on any atom is 0.337 e. The van der Waals surface area contributed by atoms with Gasteiger partial charge in [0.2, 0.25) is 5.91 Å². The van der Waals surface area contributed by atoms with Crippen LogP contribution in [0, 0.1) is 0 Å². The lowest BCUT2D eigenvalue weighted by Crippen LogP contribution is -2.49. The van der Waals surface area contributed by atoms with Crippen LogP contribution in [0.4, 0.5) is 5.69 Å². The van der Waals surface area contributed by atoms with Gasteiger partial charge in [-0.05, 0) is 62.7 Å². The van der Waals surface area contributed by atoms with Crippen molar-refractivity contribution in [2.24, 2.45) is 0 Å². The van der Waals surface area contributed by atoms with Crippen molar-refractivity contribution < 1.29 is 23.5 Å². The maximum absolute atomic E-state index is 13.5. The standard InChI is InChI=1S/C25H26N2O5/c1-25(2,3)26-22(28)21(17-9-6-5-7-10-17)27(23(29)20-11-8-16-32-20)19-14-12-18(13-15-19)24(30)31-4/h5-16,21H,1-4H3,(H,26,28)/t21-/m1/s1. The minimum absolute atomic E-state index is 0.0894. The van der Waals surface area contributed by atoms with Gasteiger partial charge in [-0.3, -0.25) is 14.5 Å². The summed E-state index contributed by atoms with van der Waals surface area (Å²) in [6, 6.07) is 17.5. The van der Waals surface area contributed by atoms with E-state index in [9.17, 15) is 14.4 Å². The Morgan fingerprint density at radius 2 is 1.59 bits per heavy atom. The van der Waals surface area contributed by atoms with E-state index < -0.39 is 23.5 Å². The second-order valence-electron chi connectivity index (χ2n) is 8.24. The zero-order valence-corrected chi connectivity index (χ0v) is 18.5. The summed E-state index contributed by atoms with van der Waals surface area (Å²) in [7, 11) is 1.30. The van der Waals surface area contributed by atoms with Crippen molar-refractivity contribution in [3.05, 3.63) is 89.9 Å². The smallest absolute Gasteiger partial charge is 0.337 e. The number of methoxy groups -OCH3 is 1. The number of carbonyl (C=O) groups is 3. The molecule has 2 amide bonds. The molecule has 0 spiro atoms. The highest BCUT2D eigenvalue weighted by molar-refractivity contribution is 6.09. The molecule has 7 heteroatoms. The molecule has 0 saturated carbocycles. The maximum atomic E-state index is 13.5. The highest BCUT2D eigenvalue weighted by atomic mass is 16.5. The summed E-state index contributed by atoms with van der Waals surface area (Å²) in [5, 5.41) is 2.97. The third kappa shape index (κ3) is 5.24. The van der Waals surface area contributed by atoms with E-state index in [0.29, 0.717) is 16.8 Å². The number of amides is 2. The van der Waals surface area contributed by atoms with Gasteiger partial charge in [-0.1, -0.05) is 30.3 Å². The summed E-state index contributed by atoms with van der Waals surface area (Å²) in [4.78, 5) is 40.2. The number of ether oxygens (including phenoxy) is 1. The van der Waals surface area contributed by atoms with Crippen LogP contribution in [0.2, 0.25) is 0 Å². The van der Waals surface area contributed by atoms with E-state index in [1.54, 1.807) is 48.5 Å². The second kappa shape index (κ2) is 9.51. The minimum Gasteiger partial charge on any atom is -0.465 e. The molecule has 0 unspecified atom stereocenters. The molecule has 32 heavy (non-hydrogen) atoms. The molecule has 0 radical (unpaired) electrons. The predicted molar refractivity (Wildman–Crippen MR) is 120 cm³/mol. The van der Waals surface area contributed by atoms with Gasteiger partial charge in [-0.2, -0.15) is 0 Å². The van der Waals surface area contributed by atoms with Crippen LogP contribution in [0.5, 0.6) is 0 Å². The summed E-state index contributed by atoms with van der Waals surface area (Å²) in [6.45, 7) is 5.62. The molecule has 2 aromatic carbocycles. The Bertz CT molecular complexity index is 1070. The van der Waals surface area contributed by atoms with E-state index in [0.717, 1.165) is 0 Å². The summed E-state index contributed by atoms with van der Waals surface area (Å²) in [5.74, 6) is -1.24. The Kier molecular flexibility index (Phi) is 6.78. The summed E-state index contributed by atoms with van der Waals surface area (Å²) >= 11 is 0. The molecule has 3 rings (SSSR count). The van der Waals surface area contributed by atoms with Gasteiger partial charge >= 0.3 is 5.97 Å². The fourth-order valence-electron chi connectivity index (χ4n) is 3.27. The second-order valence-corrected chi connectivity index (χ2v) is 8.24. The van der Waals surface area contributed by atoms with Crippen LogP contribution >= 0.6 is 0 Å². The van der Waals surface area contributed by atoms with Crippen LogP contribution in [0.3, 0.4) is 0 Å². The lowest BCUT2D eigenvalue weighted by atomic mass is 10.0. The summed E-state index contributed by atoms with van der Waals surface area (Å²) < 4.78 is 10.1. The molecule has 0 aliphatic rings. The number of carbonyl (C=O) groups excluding carboxylic acids is 3. The van der Waals surface area contributed by atoms with Crippen LogP contribution < -0.4 is 10.2 Å². The van der Waals surface area contributed by atoms with Crippen LogP contribution in [0.15, 0.2) is 77.4 Å². The van der Waals surface area contributed by atoms with Gasteiger partial charge < -0.3 is 14.5 Å². The van der Waals surface area contributed by atoms with Gasteiger partial charge in [0.05, 0.1) is 18.9 Å². The first-order chi connectivity index (χ1) is 15.2. The topological polar surface area (TPSA) is 88.8 Å². The average Bonchev–Trinajstić information content (AvgIpc) is 3.31. The van der Waals surface area contributed by atoms with E-state index in [2.05, 4.69) is 5.32 Å². The number of esters is 1. The van der Waals surface area contributed by atoms with Crippen LogP contribution in [0.25, 0.3) is 0 Å². The molecule has 7 nitrogen and oxygen atoms in total. The van der Waals surface area contributed by atoms with Gasteiger partial charge in [-0.25, -0.2) is 4.79 Å². The van der Waals surface area contributed by atoms with E-state index in [-0.39, 0.29) is 11.7 Å². The van der Waals surface area contributed by atoms with Gasteiger partial charge in [0.15, 0.2) is 5.76 Å². The van der Waals surface area contributed by atoms with E-state index in [1.807, 2.05) is 39.0 Å². The number of benzene rings is 2. The van der Waals surface area contributed by atoms with Gasteiger partial charge in [0.1, 0.15) is 6.04 Å². The SMILES string of the molecule is COC(=O)c1ccc(N(C(=O)c2ccco2)[C@@H](C(=O)NC(C)(C)C)c2ccccc2)cc1. The number of nitrogens with zero attached hydrogens (tertiary/aromatic N) is 1. The van der Waals surface area contributed by atoms with Crippen molar-refractivity contribution in [1.82, 2.24) is 5.32 Å². The normalized spacial score (nSPS) is 12.0. The van der Waals surface area contributed by atoms with Crippen molar-refractivity contribution in [1.29, 1.82) is 0 Å². The first-order valence-electron chi connectivity index (χ1n) is 10.1. The molecule has 0 fully saturated rings. The van der Waals surface area contributed by atoms with Gasteiger partial charge in [0.25, 0.3) is 5.91 Å². The predicted octanol–water partition coefficient (Wildman–Crippen LogP) is 4.37. The Morgan fingerprint density at radius 3 is 2.12 bits per heavy atom. The van der Waals surface area contributed by atoms with Crippen molar-refractivity contribution in [3.63, 3.8) is 0 Å². The van der Waals surface area contributed by atoms with Crippen molar-refractivity contribution in [2.75, 3.05) is 12.0 Å². The lowest BCUT2D eigenvalue weighted by molar-refractivity contribution is -0.123. The highest BCUT2D eigenvalue weighted by Crippen LogP contribution is 2.31. The van der Waals surface area contributed by atoms with Crippen molar-refractivity contribution in [2.45, 2.75) is 32.4 Å². The van der Waals surface area contributed by atoms with Gasteiger partial charge in [0, 0.05) is 11.2 Å². The molecular formula is C25H26N2O5. The molecule has 0 aliphatic carbocycles. The number of rotatable bonds is 6. The molecule has 0 aliphatic heterocycles. The fourth-order valence-corrected chi connectivity index (χ4v) is 3.27. The molecule has 3 aromatic rings. The summed E-state index contributed by atoms with van der Waals surface area (Å²) in [5.41, 5.74) is 0.873. The van der Waals surface area contributed by atoms with Crippen LogP contribution in [-0.4, -0.2) is 30.4 Å². The van der Waals surface area contributed by atoms with E-state index in [1.165, 1.54) is 18.3 Å². The lowest BCUT2D eigenvalue weighted by Gasteiger charge is -2.33. The Morgan fingerprint density at radius 1 is 0.938 bits per heavy atom. The molecule has 1 N–H and O–H groups in total. The number of nitrogens with one attached hydrogen (secondary N) is 1. The van der Waals surface area contributed by atoms with Crippen molar-refractivity contribution in [3.8, 4) is 0 Å².